The Morgan fingerprint density at radius 3 is 1.79 bits per heavy atom. The first-order valence-corrected chi connectivity index (χ1v) is 27.6. The molecule has 24 nitrogen and oxygen atoms in total. The molecule has 13 N–H and O–H groups in total. The predicted octanol–water partition coefficient (Wildman–Crippen LogP) is -2.75. The molecule has 6 saturated heterocycles. The second kappa shape index (κ2) is 20.3. The van der Waals surface area contributed by atoms with Crippen LogP contribution in [-0.4, -0.2) is 244 Å². The predicted molar refractivity (Wildman–Crippen MR) is 258 cm³/mol. The van der Waals surface area contributed by atoms with Crippen molar-refractivity contribution in [3.63, 3.8) is 0 Å². The molecular formula is C53H84O24. The second-order valence-electron chi connectivity index (χ2n) is 25.8. The van der Waals surface area contributed by atoms with Crippen molar-refractivity contribution in [2.45, 2.75) is 259 Å². The molecule has 22 unspecified atom stereocenters. The van der Waals surface area contributed by atoms with Crippen molar-refractivity contribution in [2.24, 2.45) is 33.5 Å². The minimum absolute atomic E-state index is 0.0911. The van der Waals surface area contributed by atoms with Gasteiger partial charge in [-0.2, -0.15) is 0 Å². The molecule has 0 aromatic heterocycles. The van der Waals surface area contributed by atoms with Crippen molar-refractivity contribution in [1.82, 2.24) is 0 Å². The fraction of sp³-hybridized carbons (Fsp3) is 0.943. The summed E-state index contributed by atoms with van der Waals surface area (Å²) in [6, 6.07) is 0. The molecule has 440 valence electrons. The van der Waals surface area contributed by atoms with Crippen LogP contribution in [0.2, 0.25) is 0 Å². The van der Waals surface area contributed by atoms with Gasteiger partial charge in [-0.1, -0.05) is 39.3 Å². The van der Waals surface area contributed by atoms with E-state index in [1.165, 1.54) is 6.92 Å². The number of aliphatic hydroxyl groups excluding tert-OH is 12. The Labute approximate surface area is 447 Å². The molecule has 10 rings (SSSR count). The van der Waals surface area contributed by atoms with Crippen LogP contribution >= 0.6 is 0 Å². The Morgan fingerprint density at radius 1 is 0.610 bits per heavy atom. The summed E-state index contributed by atoms with van der Waals surface area (Å²) in [6.07, 6.45) is -27.5. The molecule has 24 heteroatoms. The number of allylic oxidation sites excluding steroid dienone is 1. The largest absolute Gasteiger partial charge is 0.453 e. The molecule has 4 aliphatic carbocycles. The summed E-state index contributed by atoms with van der Waals surface area (Å²) in [5, 5.41) is 144. The number of esters is 1. The van der Waals surface area contributed by atoms with E-state index in [4.69, 9.17) is 47.4 Å². The summed E-state index contributed by atoms with van der Waals surface area (Å²) >= 11 is 0. The lowest BCUT2D eigenvalue weighted by molar-refractivity contribution is -0.389. The topological polar surface area (TPSA) is 372 Å². The van der Waals surface area contributed by atoms with Crippen molar-refractivity contribution < 1.29 is 119 Å². The first kappa shape index (κ1) is 58.5. The van der Waals surface area contributed by atoms with Gasteiger partial charge in [0.15, 0.2) is 30.8 Å². The van der Waals surface area contributed by atoms with E-state index >= 15 is 0 Å². The van der Waals surface area contributed by atoms with Gasteiger partial charge < -0.3 is 114 Å². The summed E-state index contributed by atoms with van der Waals surface area (Å²) in [4.78, 5) is 14.7. The van der Waals surface area contributed by atoms with Crippen molar-refractivity contribution in [1.29, 1.82) is 0 Å². The number of fused-ring (bicyclic) bond motifs is 4. The van der Waals surface area contributed by atoms with Crippen LogP contribution in [0.15, 0.2) is 11.6 Å². The van der Waals surface area contributed by atoms with E-state index in [1.54, 1.807) is 6.92 Å². The molecule has 0 bridgehead atoms. The standard InChI is InChI=1S/C53H84O24/c1-21-40(74-44-38(64)35(61)32(58)25(19-55)71-44)36(62)39(65)42(69-21)75-41-33(59)26(72-43-37(63)34(60)31(57)24(18-54)70-43)20-68-45(41)73-29-12-14-49(6)23-17-28(56)53-46(66)77-51(8,30-11-13-47(2,3)76-30)52(53,67)16-15-50(53,7)22(23)9-10-27(49)48(29,4)5/h17,21-22,24-45,54-65,67H,9-16,18-20H2,1-8H3/t21?,22?,24?,25?,26?,27?,28-,29-,30+,31?,32?,33?,34?,35?,36?,37?,38?,39?,40?,41?,42?,43?,44?,45?,49+,50-,51-,52-,53?/m0/s1. The van der Waals surface area contributed by atoms with Gasteiger partial charge >= 0.3 is 5.97 Å². The normalized spacial score (nSPS) is 56.1. The third-order valence-corrected chi connectivity index (χ3v) is 20.9. The highest BCUT2D eigenvalue weighted by Crippen LogP contribution is 2.77. The maximum absolute atomic E-state index is 14.7. The lowest BCUT2D eigenvalue weighted by Gasteiger charge is -2.64. The molecule has 0 radical (unpaired) electrons. The molecule has 10 aliphatic rings. The molecule has 1 spiro atoms. The molecular weight excluding hydrogens is 1020 g/mol. The van der Waals surface area contributed by atoms with Crippen LogP contribution in [-0.2, 0) is 52.2 Å². The van der Waals surface area contributed by atoms with E-state index in [0.29, 0.717) is 38.5 Å². The number of cyclic esters (lactones) is 1. The molecule has 77 heavy (non-hydrogen) atoms. The minimum Gasteiger partial charge on any atom is -0.453 e. The van der Waals surface area contributed by atoms with Crippen LogP contribution in [0.1, 0.15) is 107 Å². The van der Waals surface area contributed by atoms with E-state index in [2.05, 4.69) is 20.8 Å². The highest BCUT2D eigenvalue weighted by atomic mass is 16.8. The summed E-state index contributed by atoms with van der Waals surface area (Å²) in [5.41, 5.74) is -6.29. The Bertz CT molecular complexity index is 2200. The maximum Gasteiger partial charge on any atom is 0.319 e. The maximum atomic E-state index is 14.7. The molecule has 0 amide bonds. The number of hydrogen-bond donors (Lipinski definition) is 13. The minimum atomic E-state index is -1.94. The third-order valence-electron chi connectivity index (χ3n) is 20.9. The number of carbonyl (C=O) groups excluding carboxylic acids is 1. The van der Waals surface area contributed by atoms with Crippen LogP contribution in [0.4, 0.5) is 0 Å². The number of ether oxygens (including phenoxy) is 10. The van der Waals surface area contributed by atoms with E-state index in [9.17, 15) is 71.2 Å². The number of carbonyl (C=O) groups is 1. The molecule has 6 aliphatic heterocycles. The van der Waals surface area contributed by atoms with E-state index in [0.717, 1.165) is 12.0 Å². The second-order valence-corrected chi connectivity index (χ2v) is 25.8. The van der Waals surface area contributed by atoms with Crippen molar-refractivity contribution in [3.05, 3.63) is 11.6 Å². The van der Waals surface area contributed by atoms with Crippen LogP contribution in [0.5, 0.6) is 0 Å². The molecule has 6 heterocycles. The van der Waals surface area contributed by atoms with E-state index in [1.807, 2.05) is 26.8 Å². The number of hydrogen-bond acceptors (Lipinski definition) is 24. The Balaban J connectivity index is 0.896. The zero-order valence-corrected chi connectivity index (χ0v) is 45.0. The lowest BCUT2D eigenvalue weighted by atomic mass is 9.40. The van der Waals surface area contributed by atoms with Crippen LogP contribution in [0, 0.1) is 33.5 Å². The smallest absolute Gasteiger partial charge is 0.319 e. The van der Waals surface area contributed by atoms with Gasteiger partial charge in [-0.25, -0.2) is 0 Å². The monoisotopic (exact) mass is 1100 g/mol. The Morgan fingerprint density at radius 2 is 1.19 bits per heavy atom. The quantitative estimate of drug-likeness (QED) is 0.0567. The van der Waals surface area contributed by atoms with Gasteiger partial charge in [0.2, 0.25) is 0 Å². The van der Waals surface area contributed by atoms with Gasteiger partial charge in [0, 0.05) is 0 Å². The van der Waals surface area contributed by atoms with Gasteiger partial charge in [-0.05, 0) is 107 Å². The first-order chi connectivity index (χ1) is 36.0. The average Bonchev–Trinajstić information content (AvgIpc) is 3.96. The summed E-state index contributed by atoms with van der Waals surface area (Å²) < 4.78 is 61.3. The zero-order chi connectivity index (χ0) is 56.1. The van der Waals surface area contributed by atoms with Gasteiger partial charge in [0.25, 0.3) is 0 Å². The molecule has 3 saturated carbocycles. The highest BCUT2D eigenvalue weighted by molar-refractivity contribution is 5.86. The van der Waals surface area contributed by atoms with Crippen molar-refractivity contribution >= 4 is 5.97 Å². The van der Waals surface area contributed by atoms with Crippen LogP contribution in [0.3, 0.4) is 0 Å². The Kier molecular flexibility index (Phi) is 15.4. The fourth-order valence-corrected chi connectivity index (χ4v) is 16.5. The van der Waals surface area contributed by atoms with Crippen molar-refractivity contribution in [3.8, 4) is 0 Å². The molecule has 0 aromatic carbocycles. The first-order valence-electron chi connectivity index (χ1n) is 27.6. The van der Waals surface area contributed by atoms with E-state index in [-0.39, 0.29) is 18.3 Å². The van der Waals surface area contributed by atoms with Gasteiger partial charge in [0.05, 0.1) is 43.7 Å². The average molecular weight is 1110 g/mol. The molecule has 0 aromatic rings. The summed E-state index contributed by atoms with van der Waals surface area (Å²) in [6.45, 7) is 13.6. The Hall–Kier alpha value is -1.67. The zero-order valence-electron chi connectivity index (χ0n) is 45.0. The number of rotatable bonds is 11. The van der Waals surface area contributed by atoms with E-state index < -0.39 is 199 Å². The van der Waals surface area contributed by atoms with Crippen LogP contribution < -0.4 is 0 Å². The van der Waals surface area contributed by atoms with Gasteiger partial charge in [0.1, 0.15) is 103 Å². The molecule has 29 atom stereocenters. The fourth-order valence-electron chi connectivity index (χ4n) is 16.5. The van der Waals surface area contributed by atoms with Gasteiger partial charge in [-0.3, -0.25) is 4.79 Å². The highest BCUT2D eigenvalue weighted by Gasteiger charge is 2.87. The van der Waals surface area contributed by atoms with Crippen LogP contribution in [0.25, 0.3) is 0 Å². The number of aliphatic hydroxyl groups is 13. The SMILES string of the molecule is CC1OC(OC2C(O[C@H]3CC[C@]4(C)C5=C[C@H](O)C67C(=O)O[C@@](C)([C@H]8CCC(C)(C)O8)[C@@]6(O)CC[C@@]7(C)C5CCC4C3(C)C)OCC(OC3OC(CO)C(O)C(O)C3O)C2O)C(O)C(O)C1OC1OC(CO)C(O)C(O)C1O. The van der Waals surface area contributed by atoms with Crippen molar-refractivity contribution in [2.75, 3.05) is 19.8 Å². The lowest BCUT2D eigenvalue weighted by Crippen LogP contribution is -2.69. The van der Waals surface area contributed by atoms with Gasteiger partial charge in [-0.15, -0.1) is 0 Å². The summed E-state index contributed by atoms with van der Waals surface area (Å²) in [5.74, 6) is -0.888. The molecule has 9 fully saturated rings. The summed E-state index contributed by atoms with van der Waals surface area (Å²) in [7, 11) is 0. The third kappa shape index (κ3) is 8.63.